The third-order valence-electron chi connectivity index (χ3n) is 4.42. The van der Waals surface area contributed by atoms with Gasteiger partial charge < -0.3 is 15.8 Å². The molecule has 2 heterocycles. The molecular formula is C16H25IN4O3S. The largest absolute Gasteiger partial charge is 0.493 e. The number of hydrogen-bond acceptors (Lipinski definition) is 5. The Morgan fingerprint density at radius 1 is 1.32 bits per heavy atom. The molecule has 0 aliphatic carbocycles. The number of hydrogen-bond donors (Lipinski definition) is 2. The van der Waals surface area contributed by atoms with Crippen LogP contribution in [-0.4, -0.2) is 63.6 Å². The van der Waals surface area contributed by atoms with Crippen LogP contribution < -0.4 is 15.8 Å². The molecule has 1 saturated heterocycles. The summed E-state index contributed by atoms with van der Waals surface area (Å²) >= 11 is 0. The number of fused-ring (bicyclic) bond motifs is 1. The summed E-state index contributed by atoms with van der Waals surface area (Å²) in [5, 5.41) is 3.26. The number of para-hydroxylation sites is 1. The zero-order valence-corrected chi connectivity index (χ0v) is 17.2. The minimum Gasteiger partial charge on any atom is -0.493 e. The maximum Gasteiger partial charge on any atom is 0.189 e. The van der Waals surface area contributed by atoms with Crippen LogP contribution in [0.5, 0.6) is 5.75 Å². The molecule has 1 atom stereocenters. The molecule has 3 N–H and O–H groups in total. The molecule has 0 spiro atoms. The molecular weight excluding hydrogens is 455 g/mol. The quantitative estimate of drug-likeness (QED) is 0.376. The number of nitrogens with zero attached hydrogens (tertiary/aromatic N) is 2. The van der Waals surface area contributed by atoms with Gasteiger partial charge in [-0.15, -0.1) is 24.0 Å². The SMILES string of the molecule is I.NC(=NCCN1CCS(=O)(=O)CC1)NC1CCOc2ccccc21. The first kappa shape index (κ1) is 20.2. The molecule has 1 aromatic carbocycles. The van der Waals surface area contributed by atoms with Crippen molar-refractivity contribution in [1.29, 1.82) is 0 Å². The second kappa shape index (κ2) is 9.04. The van der Waals surface area contributed by atoms with Crippen LogP contribution in [0.2, 0.25) is 0 Å². The normalized spacial score (nSPS) is 23.0. The summed E-state index contributed by atoms with van der Waals surface area (Å²) in [6, 6.07) is 8.05. The molecule has 0 aromatic heterocycles. The number of rotatable bonds is 4. The number of aliphatic imine (C=N–C) groups is 1. The molecule has 140 valence electrons. The monoisotopic (exact) mass is 480 g/mol. The first-order valence-electron chi connectivity index (χ1n) is 8.24. The van der Waals surface area contributed by atoms with Gasteiger partial charge in [-0.1, -0.05) is 18.2 Å². The van der Waals surface area contributed by atoms with Crippen molar-refractivity contribution in [3.8, 4) is 5.75 Å². The second-order valence-electron chi connectivity index (χ2n) is 6.13. The van der Waals surface area contributed by atoms with Crippen molar-refractivity contribution in [1.82, 2.24) is 10.2 Å². The average Bonchev–Trinajstić information content (AvgIpc) is 2.57. The van der Waals surface area contributed by atoms with Crippen LogP contribution in [0.15, 0.2) is 29.3 Å². The van der Waals surface area contributed by atoms with E-state index in [4.69, 9.17) is 10.5 Å². The zero-order valence-electron chi connectivity index (χ0n) is 14.1. The van der Waals surface area contributed by atoms with E-state index in [0.29, 0.717) is 32.2 Å². The third kappa shape index (κ3) is 5.71. The molecule has 9 heteroatoms. The molecule has 2 aliphatic heterocycles. The number of halogens is 1. The molecule has 3 rings (SSSR count). The van der Waals surface area contributed by atoms with Crippen molar-refractivity contribution < 1.29 is 13.2 Å². The minimum absolute atomic E-state index is 0. The molecule has 7 nitrogen and oxygen atoms in total. The number of ether oxygens (including phenoxy) is 1. The van der Waals surface area contributed by atoms with Gasteiger partial charge in [0, 0.05) is 31.6 Å². The van der Waals surface area contributed by atoms with Gasteiger partial charge in [0.1, 0.15) is 5.75 Å². The van der Waals surface area contributed by atoms with Crippen LogP contribution in [0.25, 0.3) is 0 Å². The summed E-state index contributed by atoms with van der Waals surface area (Å²) in [6.45, 7) is 3.10. The van der Waals surface area contributed by atoms with Gasteiger partial charge in [-0.05, 0) is 6.07 Å². The average molecular weight is 480 g/mol. The Morgan fingerprint density at radius 2 is 2.04 bits per heavy atom. The predicted molar refractivity (Wildman–Crippen MR) is 109 cm³/mol. The Labute approximate surface area is 165 Å². The highest BCUT2D eigenvalue weighted by molar-refractivity contribution is 14.0. The lowest BCUT2D eigenvalue weighted by Crippen LogP contribution is -2.42. The van der Waals surface area contributed by atoms with E-state index in [9.17, 15) is 8.42 Å². The van der Waals surface area contributed by atoms with Crippen molar-refractivity contribution in [3.63, 3.8) is 0 Å². The first-order valence-corrected chi connectivity index (χ1v) is 10.1. The van der Waals surface area contributed by atoms with E-state index in [1.54, 1.807) is 0 Å². The van der Waals surface area contributed by atoms with Gasteiger partial charge in [-0.2, -0.15) is 0 Å². The smallest absolute Gasteiger partial charge is 0.189 e. The van der Waals surface area contributed by atoms with Crippen molar-refractivity contribution in [2.75, 3.05) is 44.3 Å². The van der Waals surface area contributed by atoms with Crippen LogP contribution in [0.3, 0.4) is 0 Å². The topological polar surface area (TPSA) is 97.0 Å². The fourth-order valence-corrected chi connectivity index (χ4v) is 4.28. The summed E-state index contributed by atoms with van der Waals surface area (Å²) in [7, 11) is -2.83. The lowest BCUT2D eigenvalue weighted by atomic mass is 10.0. The van der Waals surface area contributed by atoms with Gasteiger partial charge in [0.2, 0.25) is 0 Å². The highest BCUT2D eigenvalue weighted by atomic mass is 127. The first-order chi connectivity index (χ1) is 11.5. The zero-order chi connectivity index (χ0) is 17.0. The van der Waals surface area contributed by atoms with Crippen LogP contribution >= 0.6 is 24.0 Å². The fraction of sp³-hybridized carbons (Fsp3) is 0.562. The third-order valence-corrected chi connectivity index (χ3v) is 6.03. The molecule has 1 fully saturated rings. The van der Waals surface area contributed by atoms with Crippen molar-refractivity contribution in [3.05, 3.63) is 29.8 Å². The second-order valence-corrected chi connectivity index (χ2v) is 8.44. The molecule has 0 bridgehead atoms. The van der Waals surface area contributed by atoms with E-state index in [1.165, 1.54) is 0 Å². The fourth-order valence-electron chi connectivity index (χ4n) is 3.00. The summed E-state index contributed by atoms with van der Waals surface area (Å²) in [6.07, 6.45) is 0.844. The Balaban J connectivity index is 0.00000225. The standard InChI is InChI=1S/C16H24N4O3S.HI/c17-16(18-6-7-20-8-11-24(21,22)12-9-20)19-14-5-10-23-15-4-2-1-3-13(14)15;/h1-4,14H,5-12H2,(H3,17,18,19);1H. The molecule has 0 amide bonds. The van der Waals surface area contributed by atoms with Gasteiger partial charge in [0.25, 0.3) is 0 Å². The van der Waals surface area contributed by atoms with Gasteiger partial charge in [-0.3, -0.25) is 9.89 Å². The summed E-state index contributed by atoms with van der Waals surface area (Å²) < 4.78 is 28.4. The Hall–Kier alpha value is -1.07. The van der Waals surface area contributed by atoms with Crippen LogP contribution in [0, 0.1) is 0 Å². The summed E-state index contributed by atoms with van der Waals surface area (Å²) in [5.74, 6) is 1.79. The molecule has 0 saturated carbocycles. The lowest BCUT2D eigenvalue weighted by Gasteiger charge is -2.27. The highest BCUT2D eigenvalue weighted by Crippen LogP contribution is 2.31. The number of nitrogens with two attached hydrogens (primary N) is 1. The lowest BCUT2D eigenvalue weighted by molar-refractivity contribution is 0.262. The Morgan fingerprint density at radius 3 is 2.80 bits per heavy atom. The van der Waals surface area contributed by atoms with Crippen molar-refractivity contribution in [2.24, 2.45) is 10.7 Å². The van der Waals surface area contributed by atoms with E-state index >= 15 is 0 Å². The van der Waals surface area contributed by atoms with E-state index in [0.717, 1.165) is 24.3 Å². The van der Waals surface area contributed by atoms with E-state index in [1.807, 2.05) is 24.3 Å². The van der Waals surface area contributed by atoms with Gasteiger partial charge in [0.15, 0.2) is 15.8 Å². The highest BCUT2D eigenvalue weighted by Gasteiger charge is 2.22. The molecule has 1 aromatic rings. The van der Waals surface area contributed by atoms with Crippen molar-refractivity contribution in [2.45, 2.75) is 12.5 Å². The molecule has 1 unspecified atom stereocenters. The minimum atomic E-state index is -2.83. The van der Waals surface area contributed by atoms with E-state index in [2.05, 4.69) is 15.2 Å². The van der Waals surface area contributed by atoms with Crippen molar-refractivity contribution >= 4 is 39.8 Å². The Kier molecular flexibility index (Phi) is 7.32. The van der Waals surface area contributed by atoms with Gasteiger partial charge in [-0.25, -0.2) is 8.42 Å². The van der Waals surface area contributed by atoms with E-state index in [-0.39, 0.29) is 41.5 Å². The molecule has 2 aliphatic rings. The maximum atomic E-state index is 11.4. The molecule has 0 radical (unpaired) electrons. The Bertz CT molecular complexity index is 697. The molecule has 25 heavy (non-hydrogen) atoms. The number of sulfone groups is 1. The summed E-state index contributed by atoms with van der Waals surface area (Å²) in [4.78, 5) is 6.49. The van der Waals surface area contributed by atoms with Crippen LogP contribution in [-0.2, 0) is 9.84 Å². The van der Waals surface area contributed by atoms with Crippen LogP contribution in [0.1, 0.15) is 18.0 Å². The van der Waals surface area contributed by atoms with E-state index < -0.39 is 9.84 Å². The number of benzene rings is 1. The maximum absolute atomic E-state index is 11.4. The van der Waals surface area contributed by atoms with Gasteiger partial charge >= 0.3 is 0 Å². The number of nitrogens with one attached hydrogen (secondary N) is 1. The summed E-state index contributed by atoms with van der Waals surface area (Å²) in [5.41, 5.74) is 7.10. The number of guanidine groups is 1. The predicted octanol–water partition coefficient (Wildman–Crippen LogP) is 0.763. The van der Waals surface area contributed by atoms with Gasteiger partial charge in [0.05, 0.1) is 30.7 Å². The van der Waals surface area contributed by atoms with Crippen LogP contribution in [0.4, 0.5) is 0 Å².